The second kappa shape index (κ2) is 7.66. The van der Waals surface area contributed by atoms with Crippen LogP contribution in [0, 0.1) is 6.92 Å². The number of carbonyl (C=O) groups excluding carboxylic acids is 1. The first-order valence-electron chi connectivity index (χ1n) is 7.25. The van der Waals surface area contributed by atoms with Crippen LogP contribution in [-0.4, -0.2) is 36.5 Å². The van der Waals surface area contributed by atoms with Gasteiger partial charge < -0.3 is 15.4 Å². The van der Waals surface area contributed by atoms with Crippen molar-refractivity contribution < 1.29 is 9.53 Å². The fourth-order valence-corrected chi connectivity index (χ4v) is 2.88. The third-order valence-electron chi connectivity index (χ3n) is 4.07. The minimum Gasteiger partial charge on any atom is -0.496 e. The molecule has 5 heteroatoms. The third kappa shape index (κ3) is 3.89. The van der Waals surface area contributed by atoms with Crippen LogP contribution in [-0.2, 0) is 0 Å². The molecule has 0 spiro atoms. The summed E-state index contributed by atoms with van der Waals surface area (Å²) in [6, 6.07) is 5.77. The molecule has 0 bridgehead atoms. The van der Waals surface area contributed by atoms with E-state index in [4.69, 9.17) is 10.5 Å². The van der Waals surface area contributed by atoms with Crippen molar-refractivity contribution >= 4 is 18.3 Å². The van der Waals surface area contributed by atoms with E-state index in [1.165, 1.54) is 0 Å². The summed E-state index contributed by atoms with van der Waals surface area (Å²) in [5, 5.41) is 0. The van der Waals surface area contributed by atoms with Crippen LogP contribution in [0.5, 0.6) is 5.75 Å². The van der Waals surface area contributed by atoms with Gasteiger partial charge in [0, 0.05) is 24.2 Å². The first-order valence-corrected chi connectivity index (χ1v) is 7.25. The molecule has 1 saturated heterocycles. The van der Waals surface area contributed by atoms with Crippen LogP contribution in [0.2, 0.25) is 0 Å². The number of aryl methyl sites for hydroxylation is 1. The van der Waals surface area contributed by atoms with Crippen molar-refractivity contribution in [3.8, 4) is 5.75 Å². The molecule has 118 valence electrons. The number of ether oxygens (including phenoxy) is 1. The van der Waals surface area contributed by atoms with Gasteiger partial charge in [0.1, 0.15) is 5.75 Å². The van der Waals surface area contributed by atoms with E-state index >= 15 is 0 Å². The van der Waals surface area contributed by atoms with Crippen LogP contribution in [0.4, 0.5) is 0 Å². The lowest BCUT2D eigenvalue weighted by molar-refractivity contribution is 0.0583. The number of carbonyl (C=O) groups is 1. The van der Waals surface area contributed by atoms with Crippen LogP contribution in [0.15, 0.2) is 18.2 Å². The quantitative estimate of drug-likeness (QED) is 0.933. The van der Waals surface area contributed by atoms with Gasteiger partial charge in [-0.2, -0.15) is 0 Å². The number of likely N-dealkylation sites (tertiary alicyclic amines) is 1. The Morgan fingerprint density at radius 3 is 2.76 bits per heavy atom. The van der Waals surface area contributed by atoms with E-state index in [2.05, 4.69) is 0 Å². The summed E-state index contributed by atoms with van der Waals surface area (Å²) in [6.07, 6.45) is 3.19. The van der Waals surface area contributed by atoms with Crippen LogP contribution < -0.4 is 10.5 Å². The number of piperidine rings is 1. The fourth-order valence-electron chi connectivity index (χ4n) is 2.88. The number of rotatable bonds is 3. The van der Waals surface area contributed by atoms with Gasteiger partial charge in [-0.1, -0.05) is 6.07 Å². The van der Waals surface area contributed by atoms with E-state index in [9.17, 15) is 4.79 Å². The molecule has 1 fully saturated rings. The normalized spacial score (nSPS) is 19.6. The van der Waals surface area contributed by atoms with Crippen LogP contribution in [0.3, 0.4) is 0 Å². The molecule has 4 nitrogen and oxygen atoms in total. The maximum atomic E-state index is 12.7. The van der Waals surface area contributed by atoms with E-state index in [1.807, 2.05) is 36.9 Å². The van der Waals surface area contributed by atoms with Crippen molar-refractivity contribution in [1.29, 1.82) is 0 Å². The van der Waals surface area contributed by atoms with E-state index < -0.39 is 0 Å². The topological polar surface area (TPSA) is 55.6 Å². The zero-order valence-electron chi connectivity index (χ0n) is 13.0. The smallest absolute Gasteiger partial charge is 0.254 e. The first kappa shape index (κ1) is 17.8. The first-order chi connectivity index (χ1) is 9.54. The summed E-state index contributed by atoms with van der Waals surface area (Å²) in [5.41, 5.74) is 7.75. The highest BCUT2D eigenvalue weighted by Gasteiger charge is 2.29. The van der Waals surface area contributed by atoms with Crippen LogP contribution >= 0.6 is 12.4 Å². The van der Waals surface area contributed by atoms with Gasteiger partial charge in [-0.15, -0.1) is 12.4 Å². The highest BCUT2D eigenvalue weighted by Crippen LogP contribution is 2.24. The SMILES string of the molecule is COc1cc(C(=O)N2CCCCC2C(C)N)ccc1C.Cl. The largest absolute Gasteiger partial charge is 0.496 e. The number of hydrogen-bond acceptors (Lipinski definition) is 3. The van der Waals surface area contributed by atoms with Gasteiger partial charge in [-0.25, -0.2) is 0 Å². The van der Waals surface area contributed by atoms with Crippen molar-refractivity contribution in [2.75, 3.05) is 13.7 Å². The van der Waals surface area contributed by atoms with E-state index in [0.717, 1.165) is 37.1 Å². The zero-order valence-corrected chi connectivity index (χ0v) is 13.8. The fraction of sp³-hybridized carbons (Fsp3) is 0.562. The zero-order chi connectivity index (χ0) is 14.7. The van der Waals surface area contributed by atoms with E-state index in [-0.39, 0.29) is 30.4 Å². The molecule has 21 heavy (non-hydrogen) atoms. The minimum absolute atomic E-state index is 0. The average molecular weight is 313 g/mol. The Labute approximate surface area is 133 Å². The summed E-state index contributed by atoms with van der Waals surface area (Å²) in [7, 11) is 1.63. The summed E-state index contributed by atoms with van der Waals surface area (Å²) in [6.45, 7) is 4.74. The molecular formula is C16H25ClN2O2. The van der Waals surface area contributed by atoms with Gasteiger partial charge in [-0.05, 0) is 50.8 Å². The van der Waals surface area contributed by atoms with Gasteiger partial charge in [0.05, 0.1) is 7.11 Å². The van der Waals surface area contributed by atoms with E-state index in [0.29, 0.717) is 5.56 Å². The Kier molecular flexibility index (Phi) is 6.49. The highest BCUT2D eigenvalue weighted by atomic mass is 35.5. The average Bonchev–Trinajstić information content (AvgIpc) is 2.47. The van der Waals surface area contributed by atoms with Crippen molar-refractivity contribution in [2.45, 2.75) is 45.2 Å². The highest BCUT2D eigenvalue weighted by molar-refractivity contribution is 5.95. The molecule has 2 rings (SSSR count). The van der Waals surface area contributed by atoms with E-state index in [1.54, 1.807) is 7.11 Å². The van der Waals surface area contributed by atoms with Gasteiger partial charge >= 0.3 is 0 Å². The third-order valence-corrected chi connectivity index (χ3v) is 4.07. The van der Waals surface area contributed by atoms with Gasteiger partial charge in [0.2, 0.25) is 0 Å². The van der Waals surface area contributed by atoms with Crippen LogP contribution in [0.25, 0.3) is 0 Å². The summed E-state index contributed by atoms with van der Waals surface area (Å²) >= 11 is 0. The Balaban J connectivity index is 0.00000220. The van der Waals surface area contributed by atoms with Crippen molar-refractivity contribution in [1.82, 2.24) is 4.90 Å². The molecule has 2 unspecified atom stereocenters. The molecule has 1 aliphatic rings. The monoisotopic (exact) mass is 312 g/mol. The molecule has 1 amide bonds. The van der Waals surface area contributed by atoms with Crippen molar-refractivity contribution in [2.24, 2.45) is 5.73 Å². The Morgan fingerprint density at radius 1 is 1.43 bits per heavy atom. The number of benzene rings is 1. The molecule has 0 saturated carbocycles. The summed E-state index contributed by atoms with van der Waals surface area (Å²) < 4.78 is 5.30. The van der Waals surface area contributed by atoms with Crippen LogP contribution in [0.1, 0.15) is 42.1 Å². The summed E-state index contributed by atoms with van der Waals surface area (Å²) in [4.78, 5) is 14.6. The summed E-state index contributed by atoms with van der Waals surface area (Å²) in [5.74, 6) is 0.815. The van der Waals surface area contributed by atoms with Crippen molar-refractivity contribution in [3.63, 3.8) is 0 Å². The van der Waals surface area contributed by atoms with Gasteiger partial charge in [-0.3, -0.25) is 4.79 Å². The molecule has 1 heterocycles. The Morgan fingerprint density at radius 2 is 2.14 bits per heavy atom. The predicted molar refractivity (Wildman–Crippen MR) is 87.3 cm³/mol. The molecule has 0 radical (unpaired) electrons. The number of nitrogens with zero attached hydrogens (tertiary/aromatic N) is 1. The molecule has 0 aromatic heterocycles. The predicted octanol–water partition coefficient (Wildman–Crippen LogP) is 2.77. The van der Waals surface area contributed by atoms with Gasteiger partial charge in [0.25, 0.3) is 5.91 Å². The maximum Gasteiger partial charge on any atom is 0.254 e. The number of hydrogen-bond donors (Lipinski definition) is 1. The minimum atomic E-state index is 0. The lowest BCUT2D eigenvalue weighted by atomic mass is 9.96. The molecule has 1 aromatic rings. The molecule has 2 atom stereocenters. The second-order valence-electron chi connectivity index (χ2n) is 5.61. The maximum absolute atomic E-state index is 12.7. The Hall–Kier alpha value is -1.26. The molecule has 1 aliphatic heterocycles. The second-order valence-corrected chi connectivity index (χ2v) is 5.61. The number of amides is 1. The standard InChI is InChI=1S/C16H24N2O2.ClH/c1-11-7-8-13(10-15(11)20-3)16(19)18-9-5-4-6-14(18)12(2)17;/h7-8,10,12,14H,4-6,9,17H2,1-3H3;1H. The number of halogens is 1. The number of nitrogens with two attached hydrogens (primary N) is 1. The lowest BCUT2D eigenvalue weighted by Gasteiger charge is -2.38. The molecule has 2 N–H and O–H groups in total. The lowest BCUT2D eigenvalue weighted by Crippen LogP contribution is -2.51. The Bertz CT molecular complexity index is 491. The number of methoxy groups -OCH3 is 1. The van der Waals surface area contributed by atoms with Crippen molar-refractivity contribution in [3.05, 3.63) is 29.3 Å². The molecule has 0 aliphatic carbocycles. The molecular weight excluding hydrogens is 288 g/mol. The van der Waals surface area contributed by atoms with Gasteiger partial charge in [0.15, 0.2) is 0 Å². The molecule has 1 aromatic carbocycles.